The van der Waals surface area contributed by atoms with Crippen LogP contribution < -0.4 is 4.74 Å². The molecule has 2 unspecified atom stereocenters. The number of para-hydroxylation sites is 1. The number of rotatable bonds is 5. The molecule has 1 amide bonds. The number of aliphatic hydroxyl groups is 1. The maximum absolute atomic E-state index is 12.5. The molecule has 2 fully saturated rings. The fourth-order valence-corrected chi connectivity index (χ4v) is 4.25. The topological polar surface area (TPSA) is 59.0 Å². The highest BCUT2D eigenvalue weighted by Gasteiger charge is 2.50. The van der Waals surface area contributed by atoms with Gasteiger partial charge < -0.3 is 19.5 Å². The second-order valence-corrected chi connectivity index (χ2v) is 8.67. The van der Waals surface area contributed by atoms with Crippen molar-refractivity contribution in [2.75, 3.05) is 6.61 Å². The Balaban J connectivity index is 1.50. The van der Waals surface area contributed by atoms with Crippen molar-refractivity contribution in [2.24, 2.45) is 0 Å². The Labute approximate surface area is 156 Å². The number of carbonyl (C=O) groups is 1. The average Bonchev–Trinajstić information content (AvgIpc) is 2.84. The Morgan fingerprint density at radius 2 is 1.81 bits per heavy atom. The molecule has 2 heterocycles. The van der Waals surface area contributed by atoms with Crippen molar-refractivity contribution in [1.29, 1.82) is 0 Å². The first-order chi connectivity index (χ1) is 12.3. The zero-order valence-corrected chi connectivity index (χ0v) is 16.1. The second kappa shape index (κ2) is 7.47. The van der Waals surface area contributed by atoms with Gasteiger partial charge in [-0.05, 0) is 71.4 Å². The van der Waals surface area contributed by atoms with Crippen LogP contribution in [0.3, 0.4) is 0 Å². The summed E-state index contributed by atoms with van der Waals surface area (Å²) in [5, 5.41) is 11.0. The summed E-state index contributed by atoms with van der Waals surface area (Å²) >= 11 is 0. The van der Waals surface area contributed by atoms with Crippen LogP contribution in [-0.4, -0.2) is 46.0 Å². The Morgan fingerprint density at radius 3 is 2.38 bits per heavy atom. The zero-order chi connectivity index (χ0) is 18.8. The lowest BCUT2D eigenvalue weighted by Gasteiger charge is -2.44. The molecule has 26 heavy (non-hydrogen) atoms. The minimum absolute atomic E-state index is 0.0867. The second-order valence-electron chi connectivity index (χ2n) is 8.67. The first-order valence-electron chi connectivity index (χ1n) is 9.67. The van der Waals surface area contributed by atoms with Crippen LogP contribution in [0, 0.1) is 0 Å². The van der Waals surface area contributed by atoms with Crippen LogP contribution in [-0.2, 0) is 4.74 Å². The SMILES string of the molecule is CC(C)(C)OC(=O)N1C2CCC1CC(O)(CCCOc1ccccc1)C2. The van der Waals surface area contributed by atoms with Gasteiger partial charge in [-0.3, -0.25) is 0 Å². The molecular formula is C21H31NO4. The summed E-state index contributed by atoms with van der Waals surface area (Å²) in [4.78, 5) is 14.4. The van der Waals surface area contributed by atoms with Gasteiger partial charge in [0.1, 0.15) is 11.4 Å². The van der Waals surface area contributed by atoms with Gasteiger partial charge in [0, 0.05) is 12.1 Å². The molecule has 3 rings (SSSR count). The molecule has 5 nitrogen and oxygen atoms in total. The molecular weight excluding hydrogens is 330 g/mol. The fraction of sp³-hybridized carbons (Fsp3) is 0.667. The van der Waals surface area contributed by atoms with Crippen molar-refractivity contribution < 1.29 is 19.4 Å². The van der Waals surface area contributed by atoms with E-state index in [1.165, 1.54) is 0 Å². The molecule has 2 saturated heterocycles. The third-order valence-electron chi connectivity index (χ3n) is 5.25. The van der Waals surface area contributed by atoms with Crippen LogP contribution in [0.5, 0.6) is 5.75 Å². The van der Waals surface area contributed by atoms with Gasteiger partial charge >= 0.3 is 6.09 Å². The predicted octanol–water partition coefficient (Wildman–Crippen LogP) is 4.14. The molecule has 144 valence electrons. The van der Waals surface area contributed by atoms with Crippen molar-refractivity contribution in [3.63, 3.8) is 0 Å². The Morgan fingerprint density at radius 1 is 1.19 bits per heavy atom. The van der Waals surface area contributed by atoms with Gasteiger partial charge in [-0.15, -0.1) is 0 Å². The number of hydrogen-bond donors (Lipinski definition) is 1. The Kier molecular flexibility index (Phi) is 5.47. The van der Waals surface area contributed by atoms with Gasteiger partial charge in [0.25, 0.3) is 0 Å². The summed E-state index contributed by atoms with van der Waals surface area (Å²) in [6.45, 7) is 6.26. The van der Waals surface area contributed by atoms with E-state index in [-0.39, 0.29) is 18.2 Å². The highest BCUT2D eigenvalue weighted by Crippen LogP contribution is 2.43. The summed E-state index contributed by atoms with van der Waals surface area (Å²) in [5.41, 5.74) is -1.19. The summed E-state index contributed by atoms with van der Waals surface area (Å²) in [6, 6.07) is 9.92. The highest BCUT2D eigenvalue weighted by atomic mass is 16.6. The molecule has 1 N–H and O–H groups in total. The smallest absolute Gasteiger partial charge is 0.410 e. The molecule has 5 heteroatoms. The summed E-state index contributed by atoms with van der Waals surface area (Å²) < 4.78 is 11.3. The van der Waals surface area contributed by atoms with E-state index in [1.807, 2.05) is 56.0 Å². The quantitative estimate of drug-likeness (QED) is 0.801. The Hall–Kier alpha value is -1.75. The maximum atomic E-state index is 12.5. The lowest BCUT2D eigenvalue weighted by atomic mass is 9.83. The molecule has 0 aliphatic carbocycles. The fourth-order valence-electron chi connectivity index (χ4n) is 4.25. The van der Waals surface area contributed by atoms with Crippen molar-refractivity contribution in [1.82, 2.24) is 4.90 Å². The minimum atomic E-state index is -0.704. The van der Waals surface area contributed by atoms with Crippen molar-refractivity contribution in [2.45, 2.75) is 82.6 Å². The van der Waals surface area contributed by atoms with Crippen LogP contribution in [0.4, 0.5) is 4.79 Å². The number of ether oxygens (including phenoxy) is 2. The molecule has 2 bridgehead atoms. The largest absolute Gasteiger partial charge is 0.494 e. The normalized spacial score (nSPS) is 28.1. The van der Waals surface area contributed by atoms with E-state index in [2.05, 4.69) is 0 Å². The zero-order valence-electron chi connectivity index (χ0n) is 16.1. The molecule has 1 aromatic rings. The van der Waals surface area contributed by atoms with E-state index in [4.69, 9.17) is 9.47 Å². The molecule has 0 saturated carbocycles. The third-order valence-corrected chi connectivity index (χ3v) is 5.25. The lowest BCUT2D eigenvalue weighted by Crippen LogP contribution is -2.54. The van der Waals surface area contributed by atoms with Gasteiger partial charge in [-0.1, -0.05) is 18.2 Å². The number of nitrogens with zero attached hydrogens (tertiary/aromatic N) is 1. The van der Waals surface area contributed by atoms with Gasteiger partial charge in [-0.2, -0.15) is 0 Å². The van der Waals surface area contributed by atoms with Crippen LogP contribution in [0.1, 0.15) is 59.3 Å². The molecule has 0 spiro atoms. The van der Waals surface area contributed by atoms with Crippen molar-refractivity contribution >= 4 is 6.09 Å². The van der Waals surface area contributed by atoms with E-state index in [1.54, 1.807) is 0 Å². The summed E-state index contributed by atoms with van der Waals surface area (Å²) in [6.07, 6.45) is 4.44. The standard InChI is InChI=1S/C21H31NO4/c1-20(2,3)26-19(23)22-16-10-11-17(22)15-21(24,14-16)12-7-13-25-18-8-5-4-6-9-18/h4-6,8-9,16-17,24H,7,10-15H2,1-3H3. The average molecular weight is 361 g/mol. The molecule has 2 atom stereocenters. The van der Waals surface area contributed by atoms with Crippen LogP contribution >= 0.6 is 0 Å². The monoisotopic (exact) mass is 361 g/mol. The minimum Gasteiger partial charge on any atom is -0.494 e. The third kappa shape index (κ3) is 4.70. The van der Waals surface area contributed by atoms with E-state index in [0.29, 0.717) is 25.9 Å². The summed E-state index contributed by atoms with van der Waals surface area (Å²) in [5.74, 6) is 0.860. The van der Waals surface area contributed by atoms with E-state index in [0.717, 1.165) is 25.0 Å². The van der Waals surface area contributed by atoms with Crippen LogP contribution in [0.25, 0.3) is 0 Å². The molecule has 2 aliphatic rings. The highest BCUT2D eigenvalue weighted by molar-refractivity contribution is 5.69. The van der Waals surface area contributed by atoms with Gasteiger partial charge in [0.15, 0.2) is 0 Å². The van der Waals surface area contributed by atoms with E-state index in [9.17, 15) is 9.90 Å². The number of carbonyl (C=O) groups excluding carboxylic acids is 1. The molecule has 0 aromatic heterocycles. The first kappa shape index (κ1) is 19.0. The van der Waals surface area contributed by atoms with Crippen LogP contribution in [0.2, 0.25) is 0 Å². The van der Waals surface area contributed by atoms with Crippen molar-refractivity contribution in [3.05, 3.63) is 30.3 Å². The first-order valence-corrected chi connectivity index (χ1v) is 9.67. The number of amides is 1. The van der Waals surface area contributed by atoms with Crippen molar-refractivity contribution in [3.8, 4) is 5.75 Å². The number of hydrogen-bond acceptors (Lipinski definition) is 4. The van der Waals surface area contributed by atoms with E-state index < -0.39 is 11.2 Å². The molecule has 1 aromatic carbocycles. The van der Waals surface area contributed by atoms with E-state index >= 15 is 0 Å². The molecule has 2 aliphatic heterocycles. The number of benzene rings is 1. The number of fused-ring (bicyclic) bond motifs is 2. The van der Waals surface area contributed by atoms with Gasteiger partial charge in [0.2, 0.25) is 0 Å². The maximum Gasteiger partial charge on any atom is 0.410 e. The summed E-state index contributed by atoms with van der Waals surface area (Å²) in [7, 11) is 0. The predicted molar refractivity (Wildman–Crippen MR) is 100 cm³/mol. The lowest BCUT2D eigenvalue weighted by molar-refractivity contribution is -0.0644. The van der Waals surface area contributed by atoms with Crippen LogP contribution in [0.15, 0.2) is 30.3 Å². The molecule has 0 radical (unpaired) electrons. The van der Waals surface area contributed by atoms with Gasteiger partial charge in [-0.25, -0.2) is 4.79 Å². The number of piperidine rings is 1. The van der Waals surface area contributed by atoms with Gasteiger partial charge in [0.05, 0.1) is 12.2 Å². The Bertz CT molecular complexity index is 596.